The van der Waals surface area contributed by atoms with Gasteiger partial charge < -0.3 is 14.4 Å². The van der Waals surface area contributed by atoms with Crippen molar-refractivity contribution in [3.8, 4) is 0 Å². The zero-order chi connectivity index (χ0) is 16.9. The van der Waals surface area contributed by atoms with Crippen molar-refractivity contribution in [3.05, 3.63) is 34.4 Å². The molecule has 0 unspecified atom stereocenters. The molecule has 0 radical (unpaired) electrons. The quantitative estimate of drug-likeness (QED) is 0.732. The van der Waals surface area contributed by atoms with Crippen molar-refractivity contribution in [3.63, 3.8) is 0 Å². The van der Waals surface area contributed by atoms with E-state index in [1.165, 1.54) is 4.57 Å². The van der Waals surface area contributed by atoms with E-state index in [2.05, 4.69) is 9.97 Å². The first-order chi connectivity index (χ1) is 11.7. The molecule has 3 rings (SSSR count). The molecule has 0 aromatic carbocycles. The number of carbonyl (C=O) groups is 1. The third kappa shape index (κ3) is 3.29. The number of amides is 1. The molecule has 1 fully saturated rings. The standard InChI is InChI=1S/C16H20N4O4/c1-23-9-3-6-20-14-12(4-2-5-17-14)18-13(16(20)22)15(21)19-7-10-24-11-8-19/h2,4-5H,3,6-11H2,1H3. The number of hydrogen-bond donors (Lipinski definition) is 0. The first-order valence-electron chi connectivity index (χ1n) is 7.94. The van der Waals surface area contributed by atoms with E-state index in [4.69, 9.17) is 9.47 Å². The molecule has 0 aliphatic carbocycles. The maximum atomic E-state index is 12.8. The molecule has 0 spiro atoms. The van der Waals surface area contributed by atoms with Gasteiger partial charge in [-0.3, -0.25) is 14.2 Å². The second kappa shape index (κ2) is 7.50. The molecule has 24 heavy (non-hydrogen) atoms. The predicted molar refractivity (Wildman–Crippen MR) is 87.0 cm³/mol. The summed E-state index contributed by atoms with van der Waals surface area (Å²) in [7, 11) is 1.61. The van der Waals surface area contributed by atoms with E-state index in [0.717, 1.165) is 0 Å². The Labute approximate surface area is 139 Å². The van der Waals surface area contributed by atoms with Gasteiger partial charge in [0.05, 0.1) is 13.2 Å². The third-order valence-electron chi connectivity index (χ3n) is 3.93. The van der Waals surface area contributed by atoms with E-state index in [1.807, 2.05) is 0 Å². The van der Waals surface area contributed by atoms with Gasteiger partial charge in [0.25, 0.3) is 11.5 Å². The SMILES string of the molecule is COCCCn1c(=O)c(C(=O)N2CCOCC2)nc2cccnc21. The number of morpholine rings is 1. The fraction of sp³-hybridized carbons (Fsp3) is 0.500. The third-order valence-corrected chi connectivity index (χ3v) is 3.93. The largest absolute Gasteiger partial charge is 0.385 e. The van der Waals surface area contributed by atoms with Crippen LogP contribution in [0.1, 0.15) is 16.9 Å². The first kappa shape index (κ1) is 16.5. The number of methoxy groups -OCH3 is 1. The van der Waals surface area contributed by atoms with Gasteiger partial charge in [-0.1, -0.05) is 0 Å². The summed E-state index contributed by atoms with van der Waals surface area (Å²) in [4.78, 5) is 35.6. The summed E-state index contributed by atoms with van der Waals surface area (Å²) >= 11 is 0. The molecule has 0 N–H and O–H groups in total. The number of aromatic nitrogens is 3. The summed E-state index contributed by atoms with van der Waals surface area (Å²) in [6.07, 6.45) is 2.26. The van der Waals surface area contributed by atoms with E-state index in [1.54, 1.807) is 30.3 Å². The van der Waals surface area contributed by atoms with Crippen LogP contribution in [0, 0.1) is 0 Å². The highest BCUT2D eigenvalue weighted by Gasteiger charge is 2.24. The van der Waals surface area contributed by atoms with Crippen LogP contribution in [0.2, 0.25) is 0 Å². The summed E-state index contributed by atoms with van der Waals surface area (Å²) < 4.78 is 11.8. The lowest BCUT2D eigenvalue weighted by Gasteiger charge is -2.26. The molecule has 2 aromatic heterocycles. The maximum absolute atomic E-state index is 12.8. The van der Waals surface area contributed by atoms with Gasteiger partial charge in [-0.2, -0.15) is 0 Å². The molecule has 0 saturated carbocycles. The lowest BCUT2D eigenvalue weighted by Crippen LogP contribution is -2.44. The fourth-order valence-electron chi connectivity index (χ4n) is 2.71. The van der Waals surface area contributed by atoms with Crippen LogP contribution in [-0.4, -0.2) is 65.4 Å². The second-order valence-corrected chi connectivity index (χ2v) is 5.51. The first-order valence-corrected chi connectivity index (χ1v) is 7.94. The van der Waals surface area contributed by atoms with Crippen molar-refractivity contribution in [2.24, 2.45) is 0 Å². The Hall–Kier alpha value is -2.32. The van der Waals surface area contributed by atoms with E-state index in [0.29, 0.717) is 57.0 Å². The minimum absolute atomic E-state index is 0.0604. The van der Waals surface area contributed by atoms with Gasteiger partial charge in [-0.25, -0.2) is 9.97 Å². The zero-order valence-electron chi connectivity index (χ0n) is 13.6. The molecular formula is C16H20N4O4. The molecule has 2 aromatic rings. The minimum atomic E-state index is -0.409. The number of carbonyl (C=O) groups excluding carboxylic acids is 1. The molecule has 128 valence electrons. The van der Waals surface area contributed by atoms with Crippen LogP contribution in [0.4, 0.5) is 0 Å². The normalized spacial score (nSPS) is 15.0. The van der Waals surface area contributed by atoms with Crippen molar-refractivity contribution < 1.29 is 14.3 Å². The number of pyridine rings is 1. The Kier molecular flexibility index (Phi) is 5.17. The number of ether oxygens (including phenoxy) is 2. The lowest BCUT2D eigenvalue weighted by atomic mass is 10.3. The van der Waals surface area contributed by atoms with Crippen molar-refractivity contribution in [1.82, 2.24) is 19.4 Å². The van der Waals surface area contributed by atoms with Gasteiger partial charge >= 0.3 is 0 Å². The van der Waals surface area contributed by atoms with Crippen molar-refractivity contribution >= 4 is 17.1 Å². The summed E-state index contributed by atoms with van der Waals surface area (Å²) in [5, 5.41) is 0. The van der Waals surface area contributed by atoms with Gasteiger partial charge in [0.1, 0.15) is 5.52 Å². The van der Waals surface area contributed by atoms with Gasteiger partial charge in [-0.15, -0.1) is 0 Å². The summed E-state index contributed by atoms with van der Waals surface area (Å²) in [6, 6.07) is 3.49. The molecule has 8 nitrogen and oxygen atoms in total. The van der Waals surface area contributed by atoms with Crippen LogP contribution in [0.25, 0.3) is 11.2 Å². The number of nitrogens with zero attached hydrogens (tertiary/aromatic N) is 4. The molecule has 0 bridgehead atoms. The smallest absolute Gasteiger partial charge is 0.283 e. The van der Waals surface area contributed by atoms with E-state index in [-0.39, 0.29) is 11.6 Å². The number of hydrogen-bond acceptors (Lipinski definition) is 6. The average molecular weight is 332 g/mol. The summed E-state index contributed by atoms with van der Waals surface area (Å²) in [6.45, 7) is 2.83. The summed E-state index contributed by atoms with van der Waals surface area (Å²) in [5.74, 6) is -0.352. The van der Waals surface area contributed by atoms with E-state index in [9.17, 15) is 9.59 Å². The zero-order valence-corrected chi connectivity index (χ0v) is 13.6. The molecule has 8 heteroatoms. The molecule has 1 aliphatic heterocycles. The van der Waals surface area contributed by atoms with E-state index < -0.39 is 5.56 Å². The molecule has 0 atom stereocenters. The lowest BCUT2D eigenvalue weighted by molar-refractivity contribution is 0.0297. The van der Waals surface area contributed by atoms with Crippen LogP contribution in [0.3, 0.4) is 0 Å². The maximum Gasteiger partial charge on any atom is 0.283 e. The Morgan fingerprint density at radius 1 is 1.38 bits per heavy atom. The number of rotatable bonds is 5. The van der Waals surface area contributed by atoms with Crippen LogP contribution >= 0.6 is 0 Å². The molecule has 1 amide bonds. The van der Waals surface area contributed by atoms with Crippen LogP contribution in [0.5, 0.6) is 0 Å². The van der Waals surface area contributed by atoms with Gasteiger partial charge in [0.2, 0.25) is 0 Å². The van der Waals surface area contributed by atoms with Gasteiger partial charge in [0.15, 0.2) is 11.3 Å². The highest BCUT2D eigenvalue weighted by atomic mass is 16.5. The van der Waals surface area contributed by atoms with Gasteiger partial charge in [-0.05, 0) is 18.6 Å². The predicted octanol–water partition coefficient (Wildman–Crippen LogP) is 0.300. The molecule has 1 saturated heterocycles. The Morgan fingerprint density at radius 2 is 2.17 bits per heavy atom. The van der Waals surface area contributed by atoms with Crippen molar-refractivity contribution in [1.29, 1.82) is 0 Å². The molecular weight excluding hydrogens is 312 g/mol. The van der Waals surface area contributed by atoms with Crippen molar-refractivity contribution in [2.45, 2.75) is 13.0 Å². The van der Waals surface area contributed by atoms with Gasteiger partial charge in [0, 0.05) is 39.5 Å². The fourth-order valence-corrected chi connectivity index (χ4v) is 2.71. The highest BCUT2D eigenvalue weighted by molar-refractivity contribution is 5.93. The molecule has 3 heterocycles. The Bertz CT molecular complexity index is 783. The average Bonchev–Trinajstić information content (AvgIpc) is 2.63. The van der Waals surface area contributed by atoms with Crippen LogP contribution in [-0.2, 0) is 16.0 Å². The number of fused-ring (bicyclic) bond motifs is 1. The molecule has 1 aliphatic rings. The minimum Gasteiger partial charge on any atom is -0.385 e. The number of aryl methyl sites for hydroxylation is 1. The topological polar surface area (TPSA) is 86.5 Å². The summed E-state index contributed by atoms with van der Waals surface area (Å²) in [5.41, 5.74) is 0.548. The van der Waals surface area contributed by atoms with Crippen LogP contribution < -0.4 is 5.56 Å². The Morgan fingerprint density at radius 3 is 2.92 bits per heavy atom. The highest BCUT2D eigenvalue weighted by Crippen LogP contribution is 2.10. The van der Waals surface area contributed by atoms with Crippen LogP contribution in [0.15, 0.2) is 23.1 Å². The Balaban J connectivity index is 2.02. The monoisotopic (exact) mass is 332 g/mol. The van der Waals surface area contributed by atoms with E-state index >= 15 is 0 Å². The van der Waals surface area contributed by atoms with Crippen molar-refractivity contribution in [2.75, 3.05) is 40.0 Å². The second-order valence-electron chi connectivity index (χ2n) is 5.51.